The van der Waals surface area contributed by atoms with E-state index in [1.807, 2.05) is 24.6 Å². The zero-order valence-corrected chi connectivity index (χ0v) is 20.8. The van der Waals surface area contributed by atoms with Gasteiger partial charge in [0, 0.05) is 18.7 Å². The summed E-state index contributed by atoms with van der Waals surface area (Å²) in [7, 11) is 0. The molecule has 5 rings (SSSR count). The van der Waals surface area contributed by atoms with Crippen LogP contribution in [0.1, 0.15) is 80.0 Å². The highest BCUT2D eigenvalue weighted by Crippen LogP contribution is 2.35. The Morgan fingerprint density at radius 1 is 1.14 bits per heavy atom. The first-order valence-corrected chi connectivity index (χ1v) is 12.8. The lowest BCUT2D eigenvalue weighted by Gasteiger charge is -2.36. The second-order valence-corrected chi connectivity index (χ2v) is 9.98. The topological polar surface area (TPSA) is 106 Å². The first-order valence-electron chi connectivity index (χ1n) is 12.8. The molecule has 1 aromatic carbocycles. The Balaban J connectivity index is 1.57. The fourth-order valence-corrected chi connectivity index (χ4v) is 5.85. The van der Waals surface area contributed by atoms with Crippen molar-refractivity contribution in [1.82, 2.24) is 30.1 Å². The van der Waals surface area contributed by atoms with Crippen molar-refractivity contribution < 1.29 is 9.53 Å². The van der Waals surface area contributed by atoms with E-state index in [9.17, 15) is 9.59 Å². The van der Waals surface area contributed by atoms with Crippen LogP contribution in [0.15, 0.2) is 23.0 Å². The van der Waals surface area contributed by atoms with Crippen molar-refractivity contribution in [2.75, 3.05) is 19.7 Å². The van der Waals surface area contributed by atoms with Crippen LogP contribution in [0.4, 0.5) is 0 Å². The van der Waals surface area contributed by atoms with Gasteiger partial charge in [-0.1, -0.05) is 24.5 Å². The molecule has 9 heteroatoms. The summed E-state index contributed by atoms with van der Waals surface area (Å²) in [4.78, 5) is 31.2. The molecule has 1 aliphatic carbocycles. The molecule has 35 heavy (non-hydrogen) atoms. The Bertz CT molecular complexity index is 1270. The van der Waals surface area contributed by atoms with E-state index in [0.717, 1.165) is 47.7 Å². The van der Waals surface area contributed by atoms with E-state index in [1.54, 1.807) is 0 Å². The van der Waals surface area contributed by atoms with E-state index in [2.05, 4.69) is 44.5 Å². The zero-order chi connectivity index (χ0) is 24.5. The number of nitrogens with zero attached hydrogens (tertiary/aromatic N) is 5. The van der Waals surface area contributed by atoms with Gasteiger partial charge in [-0.2, -0.15) is 0 Å². The van der Waals surface area contributed by atoms with Gasteiger partial charge in [-0.05, 0) is 80.0 Å². The van der Waals surface area contributed by atoms with Gasteiger partial charge in [0.1, 0.15) is 6.04 Å². The van der Waals surface area contributed by atoms with Gasteiger partial charge in [-0.25, -0.2) is 4.68 Å². The van der Waals surface area contributed by atoms with Crippen molar-refractivity contribution in [2.24, 2.45) is 5.92 Å². The van der Waals surface area contributed by atoms with Gasteiger partial charge in [-0.3, -0.25) is 14.5 Å². The molecule has 1 N–H and O–H groups in total. The van der Waals surface area contributed by atoms with Crippen LogP contribution in [0.3, 0.4) is 0 Å². The summed E-state index contributed by atoms with van der Waals surface area (Å²) in [5, 5.41) is 13.9. The van der Waals surface area contributed by atoms with Crippen LogP contribution < -0.4 is 5.56 Å². The number of nitrogens with one attached hydrogen (secondary N) is 1. The number of aromatic nitrogens is 5. The van der Waals surface area contributed by atoms with Crippen molar-refractivity contribution in [3.8, 4) is 0 Å². The number of rotatable bonds is 6. The second kappa shape index (κ2) is 9.89. The Morgan fingerprint density at radius 2 is 1.89 bits per heavy atom. The molecule has 2 aromatic heterocycles. The lowest BCUT2D eigenvalue weighted by Crippen LogP contribution is -2.42. The molecular weight excluding hydrogens is 444 g/mol. The van der Waals surface area contributed by atoms with Gasteiger partial charge in [0.2, 0.25) is 0 Å². The molecule has 186 valence electrons. The molecule has 1 saturated carbocycles. The lowest BCUT2D eigenvalue weighted by molar-refractivity contribution is -0.149. The summed E-state index contributed by atoms with van der Waals surface area (Å²) in [5.41, 5.74) is 3.58. The van der Waals surface area contributed by atoms with Gasteiger partial charge in [0.05, 0.1) is 24.1 Å². The molecular formula is C26H34N6O3. The van der Waals surface area contributed by atoms with E-state index in [0.29, 0.717) is 43.9 Å². The van der Waals surface area contributed by atoms with Crippen LogP contribution >= 0.6 is 0 Å². The predicted octanol–water partition coefficient (Wildman–Crippen LogP) is 3.61. The number of pyridine rings is 1. The SMILES string of the molecule is CCOC(=O)C1CCN([C@@H](c2cc3cc(C)cc(C)c3[nH]c2=O)c2nnnn2C2CCCC2)CC1. The standard InChI is InChI=1S/C26H34N6O3/c1-4-35-26(34)18-9-11-31(12-10-18)23(24-28-29-30-32(24)20-7-5-6-8-20)21-15-19-14-16(2)13-17(3)22(19)27-25(21)33/h13-15,18,20,23H,4-12H2,1-3H3,(H,27,33)/t23-/m0/s1. The minimum absolute atomic E-state index is 0.113. The lowest BCUT2D eigenvalue weighted by atomic mass is 9.93. The average Bonchev–Trinajstić information content (AvgIpc) is 3.53. The highest BCUT2D eigenvalue weighted by Gasteiger charge is 2.36. The summed E-state index contributed by atoms with van der Waals surface area (Å²) in [6.07, 6.45) is 5.78. The molecule has 0 unspecified atom stereocenters. The van der Waals surface area contributed by atoms with Crippen LogP contribution in [0.5, 0.6) is 0 Å². The van der Waals surface area contributed by atoms with Crippen LogP contribution in [-0.4, -0.2) is 55.8 Å². The van der Waals surface area contributed by atoms with Gasteiger partial charge in [-0.15, -0.1) is 5.10 Å². The number of fused-ring (bicyclic) bond motifs is 1. The van der Waals surface area contributed by atoms with Crippen molar-refractivity contribution >= 4 is 16.9 Å². The number of esters is 1. The number of hydrogen-bond acceptors (Lipinski definition) is 7. The monoisotopic (exact) mass is 478 g/mol. The molecule has 0 radical (unpaired) electrons. The number of tetrazole rings is 1. The van der Waals surface area contributed by atoms with Gasteiger partial charge >= 0.3 is 5.97 Å². The van der Waals surface area contributed by atoms with Crippen LogP contribution in [0, 0.1) is 19.8 Å². The summed E-state index contributed by atoms with van der Waals surface area (Å²) in [6, 6.07) is 6.05. The maximum Gasteiger partial charge on any atom is 0.309 e. The third kappa shape index (κ3) is 4.61. The third-order valence-corrected chi connectivity index (χ3v) is 7.56. The number of carbonyl (C=O) groups is 1. The number of likely N-dealkylation sites (tertiary alicyclic amines) is 1. The highest BCUT2D eigenvalue weighted by molar-refractivity contribution is 5.83. The largest absolute Gasteiger partial charge is 0.466 e. The summed E-state index contributed by atoms with van der Waals surface area (Å²) < 4.78 is 7.21. The first kappa shape index (κ1) is 23.7. The fraction of sp³-hybridized carbons (Fsp3) is 0.577. The van der Waals surface area contributed by atoms with E-state index < -0.39 is 0 Å². The molecule has 1 saturated heterocycles. The summed E-state index contributed by atoms with van der Waals surface area (Å²) >= 11 is 0. The molecule has 9 nitrogen and oxygen atoms in total. The molecule has 3 aromatic rings. The second-order valence-electron chi connectivity index (χ2n) is 9.98. The fourth-order valence-electron chi connectivity index (χ4n) is 5.85. The van der Waals surface area contributed by atoms with E-state index in [4.69, 9.17) is 4.74 Å². The number of ether oxygens (including phenoxy) is 1. The Kier molecular flexibility index (Phi) is 6.69. The zero-order valence-electron chi connectivity index (χ0n) is 20.8. The minimum atomic E-state index is -0.386. The smallest absolute Gasteiger partial charge is 0.309 e. The molecule has 1 aliphatic heterocycles. The molecule has 0 spiro atoms. The summed E-state index contributed by atoms with van der Waals surface area (Å²) in [6.45, 7) is 7.63. The molecule has 1 atom stereocenters. The highest BCUT2D eigenvalue weighted by atomic mass is 16.5. The summed E-state index contributed by atoms with van der Waals surface area (Å²) in [5.74, 6) is 0.465. The van der Waals surface area contributed by atoms with E-state index >= 15 is 0 Å². The number of H-pyrrole nitrogens is 1. The van der Waals surface area contributed by atoms with Crippen molar-refractivity contribution in [2.45, 2.75) is 71.4 Å². The number of hydrogen-bond donors (Lipinski definition) is 1. The van der Waals surface area contributed by atoms with Gasteiger partial charge < -0.3 is 9.72 Å². The quantitative estimate of drug-likeness (QED) is 0.540. The maximum atomic E-state index is 13.5. The van der Waals surface area contributed by atoms with Crippen LogP contribution in [0.25, 0.3) is 10.9 Å². The molecule has 3 heterocycles. The predicted molar refractivity (Wildman–Crippen MR) is 132 cm³/mol. The number of aryl methyl sites for hydroxylation is 2. The number of benzene rings is 1. The Hall–Kier alpha value is -3.07. The molecule has 0 amide bonds. The van der Waals surface area contributed by atoms with Crippen molar-refractivity contribution in [3.05, 3.63) is 51.1 Å². The number of piperidine rings is 1. The number of carbonyl (C=O) groups excluding carboxylic acids is 1. The molecule has 0 bridgehead atoms. The van der Waals surface area contributed by atoms with Crippen LogP contribution in [-0.2, 0) is 9.53 Å². The Morgan fingerprint density at radius 3 is 2.60 bits per heavy atom. The van der Waals surface area contributed by atoms with E-state index in [-0.39, 0.29) is 29.5 Å². The Labute approximate surface area is 204 Å². The minimum Gasteiger partial charge on any atom is -0.466 e. The van der Waals surface area contributed by atoms with Crippen LogP contribution in [0.2, 0.25) is 0 Å². The molecule has 2 aliphatic rings. The van der Waals surface area contributed by atoms with Crippen molar-refractivity contribution in [3.63, 3.8) is 0 Å². The normalized spacial score (nSPS) is 18.8. The number of aromatic amines is 1. The van der Waals surface area contributed by atoms with Gasteiger partial charge in [0.15, 0.2) is 5.82 Å². The first-order chi connectivity index (χ1) is 17.0. The van der Waals surface area contributed by atoms with E-state index in [1.165, 1.54) is 0 Å². The average molecular weight is 479 g/mol. The third-order valence-electron chi connectivity index (χ3n) is 7.56. The maximum absolute atomic E-state index is 13.5. The van der Waals surface area contributed by atoms with Gasteiger partial charge in [0.25, 0.3) is 5.56 Å². The molecule has 2 fully saturated rings. The van der Waals surface area contributed by atoms with Crippen molar-refractivity contribution in [1.29, 1.82) is 0 Å².